The molecule has 86 valence electrons. The van der Waals surface area contributed by atoms with Gasteiger partial charge in [0, 0.05) is 6.04 Å². The Balaban J connectivity index is 2.00. The van der Waals surface area contributed by atoms with E-state index in [2.05, 4.69) is 5.32 Å². The van der Waals surface area contributed by atoms with Crippen LogP contribution in [0.5, 0.6) is 17.2 Å². The van der Waals surface area contributed by atoms with Crippen LogP contribution in [0.25, 0.3) is 0 Å². The molecule has 3 rings (SSSR count). The van der Waals surface area contributed by atoms with Gasteiger partial charge in [-0.1, -0.05) is 0 Å². The zero-order valence-electron chi connectivity index (χ0n) is 9.29. The average molecular weight is 221 g/mol. The van der Waals surface area contributed by atoms with Crippen molar-refractivity contribution in [2.45, 2.75) is 18.9 Å². The van der Waals surface area contributed by atoms with Gasteiger partial charge in [0.05, 0.1) is 7.11 Å². The lowest BCUT2D eigenvalue weighted by Crippen LogP contribution is -2.12. The van der Waals surface area contributed by atoms with Crippen LogP contribution in [0.2, 0.25) is 0 Å². The van der Waals surface area contributed by atoms with Crippen LogP contribution in [0.4, 0.5) is 0 Å². The molecule has 16 heavy (non-hydrogen) atoms. The van der Waals surface area contributed by atoms with E-state index in [9.17, 15) is 0 Å². The Labute approximate surface area is 94.5 Å². The van der Waals surface area contributed by atoms with E-state index < -0.39 is 0 Å². The van der Waals surface area contributed by atoms with Crippen LogP contribution in [-0.2, 0) is 0 Å². The molecule has 4 heteroatoms. The second-order valence-electron chi connectivity index (χ2n) is 4.11. The maximum atomic E-state index is 5.41. The van der Waals surface area contributed by atoms with Crippen molar-refractivity contribution < 1.29 is 14.2 Å². The molecule has 1 N–H and O–H groups in total. The first kappa shape index (κ1) is 9.78. The van der Waals surface area contributed by atoms with E-state index in [0.717, 1.165) is 23.8 Å². The predicted octanol–water partition coefficient (Wildman–Crippen LogP) is 1.85. The van der Waals surface area contributed by atoms with Crippen LogP contribution in [0, 0.1) is 0 Å². The topological polar surface area (TPSA) is 39.7 Å². The fourth-order valence-electron chi connectivity index (χ4n) is 2.32. The van der Waals surface area contributed by atoms with Crippen molar-refractivity contribution in [1.82, 2.24) is 5.32 Å². The lowest BCUT2D eigenvalue weighted by atomic mass is 10.0. The molecular formula is C12H15NO3. The third-order valence-electron chi connectivity index (χ3n) is 3.14. The molecule has 1 saturated heterocycles. The third kappa shape index (κ3) is 1.50. The standard InChI is InChI=1S/C12H15NO3/c1-14-10-5-8(9-3-2-4-13-9)6-11-12(10)16-7-15-11/h5-6,9,13H,2-4,7H2,1H3. The SMILES string of the molecule is COc1cc(C2CCCN2)cc2c1OCO2. The van der Waals surface area contributed by atoms with E-state index in [0.29, 0.717) is 6.04 Å². The first-order valence-corrected chi connectivity index (χ1v) is 5.59. The summed E-state index contributed by atoms with van der Waals surface area (Å²) in [6.45, 7) is 1.37. The van der Waals surface area contributed by atoms with E-state index >= 15 is 0 Å². The van der Waals surface area contributed by atoms with Gasteiger partial charge in [-0.15, -0.1) is 0 Å². The minimum atomic E-state index is 0.285. The van der Waals surface area contributed by atoms with Gasteiger partial charge in [-0.25, -0.2) is 0 Å². The first-order valence-electron chi connectivity index (χ1n) is 5.59. The molecule has 1 atom stereocenters. The van der Waals surface area contributed by atoms with Crippen molar-refractivity contribution in [2.75, 3.05) is 20.4 Å². The molecule has 1 fully saturated rings. The largest absolute Gasteiger partial charge is 0.493 e. The predicted molar refractivity (Wildman–Crippen MR) is 59.1 cm³/mol. The van der Waals surface area contributed by atoms with Crippen LogP contribution in [-0.4, -0.2) is 20.4 Å². The quantitative estimate of drug-likeness (QED) is 0.827. The van der Waals surface area contributed by atoms with Gasteiger partial charge in [0.25, 0.3) is 0 Å². The minimum Gasteiger partial charge on any atom is -0.493 e. The summed E-state index contributed by atoms with van der Waals surface area (Å²) < 4.78 is 16.1. The van der Waals surface area contributed by atoms with Crippen LogP contribution >= 0.6 is 0 Å². The summed E-state index contributed by atoms with van der Waals surface area (Å²) in [6, 6.07) is 4.51. The molecule has 2 heterocycles. The molecule has 1 aromatic rings. The smallest absolute Gasteiger partial charge is 0.231 e. The van der Waals surface area contributed by atoms with Gasteiger partial charge in [-0.2, -0.15) is 0 Å². The Morgan fingerprint density at radius 1 is 1.38 bits per heavy atom. The second kappa shape index (κ2) is 3.87. The monoisotopic (exact) mass is 221 g/mol. The summed E-state index contributed by atoms with van der Waals surface area (Å²) in [6.07, 6.45) is 2.39. The Morgan fingerprint density at radius 3 is 3.06 bits per heavy atom. The van der Waals surface area contributed by atoms with Gasteiger partial charge in [0.2, 0.25) is 12.5 Å². The minimum absolute atomic E-state index is 0.285. The Morgan fingerprint density at radius 2 is 2.31 bits per heavy atom. The number of hydrogen-bond acceptors (Lipinski definition) is 4. The highest BCUT2D eigenvalue weighted by Crippen LogP contribution is 2.43. The van der Waals surface area contributed by atoms with Crippen LogP contribution in [0.15, 0.2) is 12.1 Å². The zero-order chi connectivity index (χ0) is 11.0. The van der Waals surface area contributed by atoms with Crippen molar-refractivity contribution in [3.63, 3.8) is 0 Å². The number of benzene rings is 1. The summed E-state index contributed by atoms with van der Waals surface area (Å²) in [5, 5.41) is 3.46. The number of fused-ring (bicyclic) bond motifs is 1. The molecule has 0 radical (unpaired) electrons. The van der Waals surface area contributed by atoms with Crippen molar-refractivity contribution >= 4 is 0 Å². The number of nitrogens with one attached hydrogen (secondary N) is 1. The molecule has 0 aliphatic carbocycles. The van der Waals surface area contributed by atoms with Gasteiger partial charge in [-0.05, 0) is 37.1 Å². The molecular weight excluding hydrogens is 206 g/mol. The normalized spacial score (nSPS) is 22.4. The lowest BCUT2D eigenvalue weighted by Gasteiger charge is -2.13. The van der Waals surface area contributed by atoms with E-state index in [4.69, 9.17) is 14.2 Å². The average Bonchev–Trinajstić information content (AvgIpc) is 2.97. The van der Waals surface area contributed by atoms with Crippen molar-refractivity contribution in [2.24, 2.45) is 0 Å². The summed E-state index contributed by atoms with van der Waals surface area (Å²) in [7, 11) is 1.66. The molecule has 2 aliphatic rings. The summed E-state index contributed by atoms with van der Waals surface area (Å²) in [5.74, 6) is 2.28. The third-order valence-corrected chi connectivity index (χ3v) is 3.14. The first-order chi connectivity index (χ1) is 7.88. The van der Waals surface area contributed by atoms with Gasteiger partial charge in [0.1, 0.15) is 0 Å². The molecule has 2 aliphatic heterocycles. The van der Waals surface area contributed by atoms with E-state index in [1.54, 1.807) is 7.11 Å². The van der Waals surface area contributed by atoms with Crippen molar-refractivity contribution in [3.8, 4) is 17.2 Å². The Kier molecular flexibility index (Phi) is 2.36. The Hall–Kier alpha value is -1.42. The van der Waals surface area contributed by atoms with E-state index in [1.807, 2.05) is 12.1 Å². The highest BCUT2D eigenvalue weighted by Gasteiger charge is 2.24. The van der Waals surface area contributed by atoms with Gasteiger partial charge in [0.15, 0.2) is 11.5 Å². The lowest BCUT2D eigenvalue weighted by molar-refractivity contribution is 0.171. The highest BCUT2D eigenvalue weighted by atomic mass is 16.7. The molecule has 1 aromatic carbocycles. The number of hydrogen-bond donors (Lipinski definition) is 1. The molecule has 0 amide bonds. The van der Waals surface area contributed by atoms with Crippen LogP contribution < -0.4 is 19.5 Å². The number of rotatable bonds is 2. The fraction of sp³-hybridized carbons (Fsp3) is 0.500. The fourth-order valence-corrected chi connectivity index (χ4v) is 2.32. The number of ether oxygens (including phenoxy) is 3. The molecule has 1 unspecified atom stereocenters. The van der Waals surface area contributed by atoms with E-state index in [1.165, 1.54) is 18.4 Å². The molecule has 0 spiro atoms. The van der Waals surface area contributed by atoms with Crippen molar-refractivity contribution in [1.29, 1.82) is 0 Å². The Bertz CT molecular complexity index is 399. The van der Waals surface area contributed by atoms with E-state index in [-0.39, 0.29) is 6.79 Å². The maximum absolute atomic E-state index is 5.41. The van der Waals surface area contributed by atoms with Crippen molar-refractivity contribution in [3.05, 3.63) is 17.7 Å². The summed E-state index contributed by atoms with van der Waals surface area (Å²) in [4.78, 5) is 0. The number of methoxy groups -OCH3 is 1. The van der Waals surface area contributed by atoms with Gasteiger partial charge in [-0.3, -0.25) is 0 Å². The molecule has 0 saturated carbocycles. The summed E-state index contributed by atoms with van der Waals surface area (Å²) >= 11 is 0. The molecule has 0 aromatic heterocycles. The highest BCUT2D eigenvalue weighted by molar-refractivity contribution is 5.55. The molecule has 4 nitrogen and oxygen atoms in total. The van der Waals surface area contributed by atoms with Crippen LogP contribution in [0.1, 0.15) is 24.4 Å². The van der Waals surface area contributed by atoms with Crippen LogP contribution in [0.3, 0.4) is 0 Å². The van der Waals surface area contributed by atoms with Gasteiger partial charge < -0.3 is 19.5 Å². The molecule has 0 bridgehead atoms. The summed E-state index contributed by atoms with van der Waals surface area (Å²) in [5.41, 5.74) is 1.22. The second-order valence-corrected chi connectivity index (χ2v) is 4.11. The maximum Gasteiger partial charge on any atom is 0.231 e. The zero-order valence-corrected chi connectivity index (χ0v) is 9.29. The van der Waals surface area contributed by atoms with Gasteiger partial charge >= 0.3 is 0 Å².